The van der Waals surface area contributed by atoms with Crippen LogP contribution in [0.15, 0.2) is 24.3 Å². The first-order chi connectivity index (χ1) is 7.68. The standard InChI is InChI=1S/C12H14N2O2/c1-9(15)10-4-2-3-5-11(10)14-7-6-13-12(16)8-14/h2-5H,6-8H2,1H3,(H,13,16). The van der Waals surface area contributed by atoms with E-state index in [-0.39, 0.29) is 11.7 Å². The van der Waals surface area contributed by atoms with Gasteiger partial charge in [-0.05, 0) is 19.1 Å². The summed E-state index contributed by atoms with van der Waals surface area (Å²) >= 11 is 0. The number of ketones is 1. The van der Waals surface area contributed by atoms with Gasteiger partial charge in [-0.1, -0.05) is 12.1 Å². The Morgan fingerprint density at radius 3 is 2.81 bits per heavy atom. The minimum Gasteiger partial charge on any atom is -0.360 e. The van der Waals surface area contributed by atoms with Crippen LogP contribution >= 0.6 is 0 Å². The SMILES string of the molecule is CC(=O)c1ccccc1N1CCNC(=O)C1. The highest BCUT2D eigenvalue weighted by molar-refractivity contribution is 6.00. The zero-order valence-electron chi connectivity index (χ0n) is 9.19. The van der Waals surface area contributed by atoms with Gasteiger partial charge < -0.3 is 10.2 Å². The number of nitrogens with zero attached hydrogens (tertiary/aromatic N) is 1. The molecule has 1 aromatic rings. The molecule has 1 N–H and O–H groups in total. The van der Waals surface area contributed by atoms with Crippen molar-refractivity contribution in [1.29, 1.82) is 0 Å². The molecular weight excluding hydrogens is 204 g/mol. The van der Waals surface area contributed by atoms with Crippen LogP contribution in [0.25, 0.3) is 0 Å². The van der Waals surface area contributed by atoms with E-state index >= 15 is 0 Å². The van der Waals surface area contributed by atoms with Gasteiger partial charge in [0, 0.05) is 24.3 Å². The number of Topliss-reactive ketones (excluding diaryl/α,β-unsaturated/α-hetero) is 1. The Morgan fingerprint density at radius 1 is 1.38 bits per heavy atom. The monoisotopic (exact) mass is 218 g/mol. The zero-order chi connectivity index (χ0) is 11.5. The minimum atomic E-state index is 0.00426. The van der Waals surface area contributed by atoms with Crippen molar-refractivity contribution in [2.45, 2.75) is 6.92 Å². The van der Waals surface area contributed by atoms with E-state index in [0.717, 1.165) is 12.2 Å². The fourth-order valence-electron chi connectivity index (χ4n) is 1.89. The maximum Gasteiger partial charge on any atom is 0.239 e. The lowest BCUT2D eigenvalue weighted by atomic mass is 10.1. The van der Waals surface area contributed by atoms with Gasteiger partial charge in [-0.3, -0.25) is 9.59 Å². The van der Waals surface area contributed by atoms with Gasteiger partial charge in [0.25, 0.3) is 0 Å². The van der Waals surface area contributed by atoms with Crippen LogP contribution in [0.2, 0.25) is 0 Å². The number of amides is 1. The van der Waals surface area contributed by atoms with Crippen molar-refractivity contribution in [3.05, 3.63) is 29.8 Å². The fourth-order valence-corrected chi connectivity index (χ4v) is 1.89. The van der Waals surface area contributed by atoms with E-state index in [1.807, 2.05) is 23.1 Å². The highest BCUT2D eigenvalue weighted by Gasteiger charge is 2.19. The molecule has 0 atom stereocenters. The fraction of sp³-hybridized carbons (Fsp3) is 0.333. The number of carbonyl (C=O) groups is 2. The van der Waals surface area contributed by atoms with Gasteiger partial charge in [-0.2, -0.15) is 0 Å². The molecule has 4 heteroatoms. The van der Waals surface area contributed by atoms with Gasteiger partial charge in [0.05, 0.1) is 6.54 Å². The Labute approximate surface area is 94.2 Å². The molecule has 0 spiro atoms. The summed E-state index contributed by atoms with van der Waals surface area (Å²) in [5.41, 5.74) is 1.53. The van der Waals surface area contributed by atoms with E-state index in [1.54, 1.807) is 13.0 Å². The molecule has 1 heterocycles. The van der Waals surface area contributed by atoms with Crippen molar-refractivity contribution in [2.75, 3.05) is 24.5 Å². The van der Waals surface area contributed by atoms with Crippen LogP contribution in [-0.4, -0.2) is 31.3 Å². The van der Waals surface area contributed by atoms with Gasteiger partial charge in [0.2, 0.25) is 5.91 Å². The summed E-state index contributed by atoms with van der Waals surface area (Å²) in [6, 6.07) is 7.40. The van der Waals surface area contributed by atoms with E-state index in [2.05, 4.69) is 5.32 Å². The summed E-state index contributed by atoms with van der Waals surface area (Å²) < 4.78 is 0. The molecule has 0 radical (unpaired) electrons. The molecule has 1 aromatic carbocycles. The number of nitrogens with one attached hydrogen (secondary N) is 1. The molecule has 1 saturated heterocycles. The third-order valence-corrected chi connectivity index (χ3v) is 2.66. The van der Waals surface area contributed by atoms with Gasteiger partial charge in [-0.15, -0.1) is 0 Å². The second kappa shape index (κ2) is 4.35. The van der Waals surface area contributed by atoms with Gasteiger partial charge in [-0.25, -0.2) is 0 Å². The lowest BCUT2D eigenvalue weighted by Gasteiger charge is -2.29. The van der Waals surface area contributed by atoms with Gasteiger partial charge >= 0.3 is 0 Å². The summed E-state index contributed by atoms with van der Waals surface area (Å²) in [5.74, 6) is 0.0335. The molecule has 2 rings (SSSR count). The molecule has 1 amide bonds. The zero-order valence-corrected chi connectivity index (χ0v) is 9.19. The first-order valence-corrected chi connectivity index (χ1v) is 5.30. The van der Waals surface area contributed by atoms with E-state index in [1.165, 1.54) is 0 Å². The lowest BCUT2D eigenvalue weighted by Crippen LogP contribution is -2.48. The Kier molecular flexibility index (Phi) is 2.90. The van der Waals surface area contributed by atoms with Gasteiger partial charge in [0.1, 0.15) is 0 Å². The Hall–Kier alpha value is -1.84. The van der Waals surface area contributed by atoms with Crippen molar-refractivity contribution in [3.63, 3.8) is 0 Å². The largest absolute Gasteiger partial charge is 0.360 e. The number of benzene rings is 1. The summed E-state index contributed by atoms with van der Waals surface area (Å²) in [4.78, 5) is 24.7. The smallest absolute Gasteiger partial charge is 0.239 e. The molecule has 4 nitrogen and oxygen atoms in total. The third kappa shape index (κ3) is 2.05. The maximum absolute atomic E-state index is 11.5. The van der Waals surface area contributed by atoms with Crippen LogP contribution in [-0.2, 0) is 4.79 Å². The van der Waals surface area contributed by atoms with Crippen molar-refractivity contribution in [3.8, 4) is 0 Å². The molecule has 0 unspecified atom stereocenters. The summed E-state index contributed by atoms with van der Waals surface area (Å²) in [6.07, 6.45) is 0. The second-order valence-corrected chi connectivity index (χ2v) is 3.84. The molecule has 0 bridgehead atoms. The second-order valence-electron chi connectivity index (χ2n) is 3.84. The van der Waals surface area contributed by atoms with Crippen molar-refractivity contribution >= 4 is 17.4 Å². The lowest BCUT2D eigenvalue weighted by molar-refractivity contribution is -0.120. The van der Waals surface area contributed by atoms with Crippen LogP contribution in [0.1, 0.15) is 17.3 Å². The van der Waals surface area contributed by atoms with Crippen molar-refractivity contribution < 1.29 is 9.59 Å². The van der Waals surface area contributed by atoms with Crippen molar-refractivity contribution in [2.24, 2.45) is 0 Å². The quantitative estimate of drug-likeness (QED) is 0.748. The van der Waals surface area contributed by atoms with Crippen LogP contribution in [0.3, 0.4) is 0 Å². The molecule has 0 aromatic heterocycles. The van der Waals surface area contributed by atoms with Crippen LogP contribution in [0.4, 0.5) is 5.69 Å². The molecular formula is C12H14N2O2. The Morgan fingerprint density at radius 2 is 2.12 bits per heavy atom. The molecule has 84 valence electrons. The first kappa shape index (κ1) is 10.7. The normalized spacial score (nSPS) is 15.8. The Balaban J connectivity index is 2.32. The van der Waals surface area contributed by atoms with Crippen LogP contribution in [0, 0.1) is 0 Å². The number of hydrogen-bond acceptors (Lipinski definition) is 3. The highest BCUT2D eigenvalue weighted by atomic mass is 16.2. The van der Waals surface area contributed by atoms with E-state index in [4.69, 9.17) is 0 Å². The third-order valence-electron chi connectivity index (χ3n) is 2.66. The molecule has 1 fully saturated rings. The van der Waals surface area contributed by atoms with E-state index in [9.17, 15) is 9.59 Å². The number of para-hydroxylation sites is 1. The molecule has 16 heavy (non-hydrogen) atoms. The number of hydrogen-bond donors (Lipinski definition) is 1. The maximum atomic E-state index is 11.5. The number of carbonyl (C=O) groups excluding carboxylic acids is 2. The molecule has 0 aliphatic carbocycles. The number of piperazine rings is 1. The topological polar surface area (TPSA) is 49.4 Å². The average Bonchev–Trinajstić information content (AvgIpc) is 2.29. The summed E-state index contributed by atoms with van der Waals surface area (Å²) in [7, 11) is 0. The number of anilines is 1. The molecule has 1 aliphatic rings. The Bertz CT molecular complexity index is 429. The molecule has 1 aliphatic heterocycles. The number of rotatable bonds is 2. The minimum absolute atomic E-state index is 0.00426. The predicted octanol–water partition coefficient (Wildman–Crippen LogP) is 0.825. The van der Waals surface area contributed by atoms with E-state index in [0.29, 0.717) is 18.7 Å². The average molecular weight is 218 g/mol. The summed E-state index contributed by atoms with van der Waals surface area (Å²) in [6.45, 7) is 3.24. The van der Waals surface area contributed by atoms with Crippen LogP contribution in [0.5, 0.6) is 0 Å². The summed E-state index contributed by atoms with van der Waals surface area (Å²) in [5, 5.41) is 2.76. The molecule has 0 saturated carbocycles. The van der Waals surface area contributed by atoms with Gasteiger partial charge in [0.15, 0.2) is 5.78 Å². The van der Waals surface area contributed by atoms with Crippen molar-refractivity contribution in [1.82, 2.24) is 5.32 Å². The predicted molar refractivity (Wildman–Crippen MR) is 61.7 cm³/mol. The van der Waals surface area contributed by atoms with Crippen LogP contribution < -0.4 is 10.2 Å². The highest BCUT2D eigenvalue weighted by Crippen LogP contribution is 2.21. The van der Waals surface area contributed by atoms with E-state index < -0.39 is 0 Å². The first-order valence-electron chi connectivity index (χ1n) is 5.30.